The van der Waals surface area contributed by atoms with Crippen molar-refractivity contribution in [2.24, 2.45) is 5.73 Å². The summed E-state index contributed by atoms with van der Waals surface area (Å²) < 4.78 is 0. The highest BCUT2D eigenvalue weighted by Gasteiger charge is 2.00. The zero-order valence-electron chi connectivity index (χ0n) is 4.71. The molecule has 0 amide bonds. The second-order valence-corrected chi connectivity index (χ2v) is 1.61. The predicted octanol–water partition coefficient (Wildman–Crippen LogP) is -0.294. The van der Waals surface area contributed by atoms with Gasteiger partial charge in [-0.1, -0.05) is 12.2 Å². The molecule has 0 saturated heterocycles. The Labute approximate surface area is 48.7 Å². The van der Waals surface area contributed by atoms with E-state index in [0.29, 0.717) is 13.3 Å². The van der Waals surface area contributed by atoms with Crippen LogP contribution in [-0.4, -0.2) is 24.9 Å². The van der Waals surface area contributed by atoms with E-state index in [2.05, 4.69) is 0 Å². The van der Waals surface area contributed by atoms with Gasteiger partial charge in [-0.05, 0) is 0 Å². The highest BCUT2D eigenvalue weighted by atomic mass is 16.7. The van der Waals surface area contributed by atoms with Crippen LogP contribution < -0.4 is 5.73 Å². The van der Waals surface area contributed by atoms with Gasteiger partial charge in [0.1, 0.15) is 0 Å². The minimum Gasteiger partial charge on any atom is -0.316 e. The maximum atomic E-state index is 5.27. The van der Waals surface area contributed by atoms with Gasteiger partial charge in [-0.3, -0.25) is 4.84 Å². The van der Waals surface area contributed by atoms with Crippen LogP contribution in [0.1, 0.15) is 0 Å². The first-order chi connectivity index (χ1) is 3.93. The summed E-state index contributed by atoms with van der Waals surface area (Å²) in [7, 11) is 0. The van der Waals surface area contributed by atoms with Crippen LogP contribution in [-0.2, 0) is 4.84 Å². The van der Waals surface area contributed by atoms with Crippen molar-refractivity contribution < 1.29 is 4.84 Å². The Bertz CT molecular complexity index is 92.4. The van der Waals surface area contributed by atoms with Crippen molar-refractivity contribution in [2.75, 3.05) is 19.8 Å². The third kappa shape index (κ3) is 1.30. The second-order valence-electron chi connectivity index (χ2n) is 1.61. The molecule has 0 aromatic rings. The SMILES string of the molecule is NCN1CC=CCO1. The fraction of sp³-hybridized carbons (Fsp3) is 0.600. The summed E-state index contributed by atoms with van der Waals surface area (Å²) in [5.41, 5.74) is 5.27. The van der Waals surface area contributed by atoms with Gasteiger partial charge in [0.2, 0.25) is 0 Å². The number of nitrogens with zero attached hydrogens (tertiary/aromatic N) is 1. The molecular formula is C5H10N2O. The van der Waals surface area contributed by atoms with Gasteiger partial charge < -0.3 is 5.73 Å². The van der Waals surface area contributed by atoms with Gasteiger partial charge in [0.15, 0.2) is 0 Å². The average molecular weight is 114 g/mol. The summed E-state index contributed by atoms with van der Waals surface area (Å²) in [5.74, 6) is 0. The standard InChI is InChI=1S/C5H10N2O/c6-5-7-3-1-2-4-8-7/h1-2H,3-6H2. The molecule has 1 aliphatic heterocycles. The predicted molar refractivity (Wildman–Crippen MR) is 30.9 cm³/mol. The van der Waals surface area contributed by atoms with E-state index in [9.17, 15) is 0 Å². The van der Waals surface area contributed by atoms with Crippen LogP contribution in [0.2, 0.25) is 0 Å². The van der Waals surface area contributed by atoms with Crippen LogP contribution in [0.3, 0.4) is 0 Å². The molecule has 0 saturated carbocycles. The van der Waals surface area contributed by atoms with Gasteiger partial charge in [0, 0.05) is 6.54 Å². The normalized spacial score (nSPS) is 21.6. The minimum absolute atomic E-state index is 0.477. The Hall–Kier alpha value is -0.380. The van der Waals surface area contributed by atoms with Crippen LogP contribution in [0.25, 0.3) is 0 Å². The molecule has 1 aliphatic rings. The Morgan fingerprint density at radius 2 is 2.50 bits per heavy atom. The molecular weight excluding hydrogens is 104 g/mol. The zero-order valence-corrected chi connectivity index (χ0v) is 4.71. The summed E-state index contributed by atoms with van der Waals surface area (Å²) in [4.78, 5) is 5.05. The Morgan fingerprint density at radius 1 is 1.62 bits per heavy atom. The summed E-state index contributed by atoms with van der Waals surface area (Å²) in [6.45, 7) is 1.96. The highest BCUT2D eigenvalue weighted by molar-refractivity contribution is 4.85. The lowest BCUT2D eigenvalue weighted by Crippen LogP contribution is -2.32. The number of hydrogen-bond acceptors (Lipinski definition) is 3. The lowest BCUT2D eigenvalue weighted by Gasteiger charge is -2.19. The molecule has 0 spiro atoms. The van der Waals surface area contributed by atoms with E-state index >= 15 is 0 Å². The number of hydroxylamine groups is 2. The van der Waals surface area contributed by atoms with Crippen molar-refractivity contribution in [3.05, 3.63) is 12.2 Å². The molecule has 0 radical (unpaired) electrons. The average Bonchev–Trinajstić information content (AvgIpc) is 1.90. The molecule has 0 unspecified atom stereocenters. The molecule has 3 heteroatoms. The molecule has 0 atom stereocenters. The third-order valence-electron chi connectivity index (χ3n) is 1.03. The molecule has 0 fully saturated rings. The van der Waals surface area contributed by atoms with E-state index in [1.165, 1.54) is 0 Å². The molecule has 0 aromatic heterocycles. The summed E-state index contributed by atoms with van der Waals surface area (Å²) in [6.07, 6.45) is 4.02. The maximum absolute atomic E-state index is 5.27. The first kappa shape index (κ1) is 5.75. The Balaban J connectivity index is 2.27. The maximum Gasteiger partial charge on any atom is 0.0867 e. The molecule has 0 aliphatic carbocycles. The summed E-state index contributed by atoms with van der Waals surface area (Å²) >= 11 is 0. The van der Waals surface area contributed by atoms with Crippen molar-refractivity contribution in [2.45, 2.75) is 0 Å². The largest absolute Gasteiger partial charge is 0.316 e. The van der Waals surface area contributed by atoms with Crippen LogP contribution in [0.4, 0.5) is 0 Å². The van der Waals surface area contributed by atoms with Crippen LogP contribution >= 0.6 is 0 Å². The van der Waals surface area contributed by atoms with E-state index in [1.807, 2.05) is 12.2 Å². The van der Waals surface area contributed by atoms with Crippen LogP contribution in [0.5, 0.6) is 0 Å². The van der Waals surface area contributed by atoms with Crippen molar-refractivity contribution in [1.29, 1.82) is 0 Å². The monoisotopic (exact) mass is 114 g/mol. The van der Waals surface area contributed by atoms with Crippen molar-refractivity contribution >= 4 is 0 Å². The number of hydrogen-bond donors (Lipinski definition) is 1. The lowest BCUT2D eigenvalue weighted by atomic mass is 10.5. The molecule has 0 aromatic carbocycles. The zero-order chi connectivity index (χ0) is 5.82. The molecule has 3 nitrogen and oxygen atoms in total. The van der Waals surface area contributed by atoms with Crippen molar-refractivity contribution in [3.8, 4) is 0 Å². The topological polar surface area (TPSA) is 38.5 Å². The van der Waals surface area contributed by atoms with E-state index in [-0.39, 0.29) is 0 Å². The third-order valence-corrected chi connectivity index (χ3v) is 1.03. The van der Waals surface area contributed by atoms with E-state index in [1.54, 1.807) is 5.06 Å². The van der Waals surface area contributed by atoms with Gasteiger partial charge in [-0.25, -0.2) is 0 Å². The van der Waals surface area contributed by atoms with Gasteiger partial charge in [-0.15, -0.1) is 0 Å². The van der Waals surface area contributed by atoms with E-state index in [4.69, 9.17) is 10.6 Å². The van der Waals surface area contributed by atoms with Gasteiger partial charge in [-0.2, -0.15) is 5.06 Å². The quantitative estimate of drug-likeness (QED) is 0.476. The minimum atomic E-state index is 0.477. The molecule has 0 bridgehead atoms. The van der Waals surface area contributed by atoms with Gasteiger partial charge in [0.05, 0.1) is 13.3 Å². The van der Waals surface area contributed by atoms with E-state index in [0.717, 1.165) is 6.54 Å². The summed E-state index contributed by atoms with van der Waals surface area (Å²) in [6, 6.07) is 0. The van der Waals surface area contributed by atoms with Crippen LogP contribution in [0, 0.1) is 0 Å². The molecule has 46 valence electrons. The number of rotatable bonds is 1. The number of nitrogens with two attached hydrogens (primary N) is 1. The Morgan fingerprint density at radius 3 is 2.88 bits per heavy atom. The first-order valence-corrected chi connectivity index (χ1v) is 2.66. The van der Waals surface area contributed by atoms with Crippen LogP contribution in [0.15, 0.2) is 12.2 Å². The van der Waals surface area contributed by atoms with Gasteiger partial charge in [0.25, 0.3) is 0 Å². The molecule has 8 heavy (non-hydrogen) atoms. The fourth-order valence-corrected chi connectivity index (χ4v) is 0.589. The highest BCUT2D eigenvalue weighted by Crippen LogP contribution is 1.93. The lowest BCUT2D eigenvalue weighted by molar-refractivity contribution is -0.144. The van der Waals surface area contributed by atoms with Gasteiger partial charge >= 0.3 is 0 Å². The smallest absolute Gasteiger partial charge is 0.0867 e. The molecule has 2 N–H and O–H groups in total. The Kier molecular flexibility index (Phi) is 2.02. The van der Waals surface area contributed by atoms with Crippen molar-refractivity contribution in [1.82, 2.24) is 5.06 Å². The molecule has 1 rings (SSSR count). The van der Waals surface area contributed by atoms with E-state index < -0.39 is 0 Å². The fourth-order valence-electron chi connectivity index (χ4n) is 0.589. The first-order valence-electron chi connectivity index (χ1n) is 2.66. The van der Waals surface area contributed by atoms with Crippen molar-refractivity contribution in [3.63, 3.8) is 0 Å². The summed E-state index contributed by atoms with van der Waals surface area (Å²) in [5, 5.41) is 1.71. The molecule has 1 heterocycles. The second kappa shape index (κ2) is 2.81.